The van der Waals surface area contributed by atoms with Gasteiger partial charge in [-0.15, -0.1) is 5.92 Å². The first kappa shape index (κ1) is 13.4. The van der Waals surface area contributed by atoms with Crippen molar-refractivity contribution in [1.29, 1.82) is 0 Å². The fraction of sp³-hybridized carbons (Fsp3) is 0.231. The van der Waals surface area contributed by atoms with Gasteiger partial charge in [-0.05, 0) is 19.1 Å². The second kappa shape index (κ2) is 5.72. The normalized spacial score (nSPS) is 10.1. The summed E-state index contributed by atoms with van der Waals surface area (Å²) in [7, 11) is 0. The lowest BCUT2D eigenvalue weighted by molar-refractivity contribution is 0.375. The molecule has 1 aromatic carbocycles. The van der Waals surface area contributed by atoms with Crippen molar-refractivity contribution < 1.29 is 8.91 Å². The van der Waals surface area contributed by atoms with Crippen LogP contribution in [0.1, 0.15) is 18.3 Å². The van der Waals surface area contributed by atoms with E-state index in [0.717, 1.165) is 0 Å². The molecule has 1 heterocycles. The van der Waals surface area contributed by atoms with Crippen molar-refractivity contribution in [3.05, 3.63) is 51.0 Å². The van der Waals surface area contributed by atoms with Gasteiger partial charge in [0.2, 0.25) is 0 Å². The zero-order chi connectivity index (χ0) is 13.8. The minimum absolute atomic E-state index is 0.0721. The van der Waals surface area contributed by atoms with Crippen molar-refractivity contribution >= 4 is 11.6 Å². The number of hydrogen-bond donors (Lipinski definition) is 0. The average molecular weight is 281 g/mol. The van der Waals surface area contributed by atoms with Crippen LogP contribution in [0.5, 0.6) is 0 Å². The quantitative estimate of drug-likeness (QED) is 0.810. The molecule has 0 unspecified atom stereocenters. The second-order valence-corrected chi connectivity index (χ2v) is 4.16. The summed E-state index contributed by atoms with van der Waals surface area (Å²) in [6.07, 6.45) is 0.0721. The van der Waals surface area contributed by atoms with Crippen LogP contribution in [0, 0.1) is 17.7 Å². The molecule has 2 rings (SSSR count). The van der Waals surface area contributed by atoms with Gasteiger partial charge in [0.05, 0.1) is 6.54 Å². The number of benzene rings is 1. The minimum Gasteiger partial charge on any atom is -0.296 e. The van der Waals surface area contributed by atoms with Crippen LogP contribution in [-0.2, 0) is 13.0 Å². The summed E-state index contributed by atoms with van der Waals surface area (Å²) in [4.78, 5) is 11.4. The van der Waals surface area contributed by atoms with Gasteiger partial charge in [0.25, 0.3) is 0 Å². The number of halogens is 2. The first-order valence-electron chi connectivity index (χ1n) is 5.51. The number of rotatable bonds is 3. The molecule has 0 aliphatic heterocycles. The first-order valence-corrected chi connectivity index (χ1v) is 5.89. The third-order valence-electron chi connectivity index (χ3n) is 2.57. The molecule has 0 amide bonds. The Balaban J connectivity index is 2.38. The van der Waals surface area contributed by atoms with Crippen LogP contribution in [-0.4, -0.2) is 9.72 Å². The summed E-state index contributed by atoms with van der Waals surface area (Å²) in [6.45, 7) is 1.81. The molecule has 0 spiro atoms. The third kappa shape index (κ3) is 2.85. The molecule has 19 heavy (non-hydrogen) atoms. The van der Waals surface area contributed by atoms with Crippen molar-refractivity contribution in [3.8, 4) is 11.8 Å². The zero-order valence-corrected chi connectivity index (χ0v) is 10.9. The Labute approximate surface area is 113 Å². The highest BCUT2D eigenvalue weighted by atomic mass is 35.5. The van der Waals surface area contributed by atoms with Crippen molar-refractivity contribution in [1.82, 2.24) is 9.72 Å². The molecule has 0 atom stereocenters. The van der Waals surface area contributed by atoms with Crippen molar-refractivity contribution in [3.63, 3.8) is 0 Å². The van der Waals surface area contributed by atoms with Gasteiger partial charge >= 0.3 is 5.76 Å². The highest BCUT2D eigenvalue weighted by Crippen LogP contribution is 2.21. The molecule has 0 bridgehead atoms. The van der Waals surface area contributed by atoms with E-state index in [4.69, 9.17) is 11.6 Å². The molecule has 0 saturated heterocycles. The van der Waals surface area contributed by atoms with Gasteiger partial charge in [0.15, 0.2) is 5.82 Å². The number of nitrogens with zero attached hydrogens (tertiary/aromatic N) is 2. The molecule has 0 fully saturated rings. The lowest BCUT2D eigenvalue weighted by Gasteiger charge is -2.04. The Morgan fingerprint density at radius 3 is 3.00 bits per heavy atom. The van der Waals surface area contributed by atoms with Crippen LogP contribution in [0.15, 0.2) is 27.5 Å². The molecule has 0 aliphatic carbocycles. The topological polar surface area (TPSA) is 48.0 Å². The van der Waals surface area contributed by atoms with Crippen molar-refractivity contribution in [2.45, 2.75) is 19.9 Å². The predicted molar refractivity (Wildman–Crippen MR) is 68.4 cm³/mol. The summed E-state index contributed by atoms with van der Waals surface area (Å²) in [5, 5.41) is 3.91. The van der Waals surface area contributed by atoms with Crippen molar-refractivity contribution in [2.75, 3.05) is 0 Å². The standard InChI is InChI=1S/C13H10ClFN2O2/c1-2-3-7-17-12(16-19-13(17)18)8-9-10(14)5-4-6-11(9)15/h4-6H,7-8H2,1H3. The smallest absolute Gasteiger partial charge is 0.296 e. The van der Waals surface area contributed by atoms with Gasteiger partial charge in [0, 0.05) is 17.0 Å². The van der Waals surface area contributed by atoms with Crippen molar-refractivity contribution in [2.24, 2.45) is 0 Å². The summed E-state index contributed by atoms with van der Waals surface area (Å²) in [5.74, 6) is 4.62. The number of aromatic nitrogens is 2. The van der Waals surface area contributed by atoms with Crippen LogP contribution in [0.4, 0.5) is 4.39 Å². The Morgan fingerprint density at radius 1 is 1.53 bits per heavy atom. The van der Waals surface area contributed by atoms with Crippen LogP contribution < -0.4 is 5.76 Å². The van der Waals surface area contributed by atoms with E-state index in [9.17, 15) is 9.18 Å². The minimum atomic E-state index is -0.620. The predicted octanol–water partition coefficient (Wildman–Crippen LogP) is 2.24. The maximum atomic E-state index is 13.7. The molecule has 0 saturated carbocycles. The van der Waals surface area contributed by atoms with Gasteiger partial charge in [-0.2, -0.15) is 0 Å². The second-order valence-electron chi connectivity index (χ2n) is 3.75. The van der Waals surface area contributed by atoms with E-state index < -0.39 is 11.6 Å². The Morgan fingerprint density at radius 2 is 2.32 bits per heavy atom. The fourth-order valence-corrected chi connectivity index (χ4v) is 1.83. The maximum absolute atomic E-state index is 13.7. The summed E-state index contributed by atoms with van der Waals surface area (Å²) in [5.41, 5.74) is 0.274. The van der Waals surface area contributed by atoms with Gasteiger partial charge in [0.1, 0.15) is 5.82 Å². The molecular weight excluding hydrogens is 271 g/mol. The van der Waals surface area contributed by atoms with Crippen LogP contribution in [0.3, 0.4) is 0 Å². The fourth-order valence-electron chi connectivity index (χ4n) is 1.60. The summed E-state index contributed by atoms with van der Waals surface area (Å²) < 4.78 is 19.5. The van der Waals surface area contributed by atoms with Crippen LogP contribution in [0.2, 0.25) is 5.02 Å². The van der Waals surface area contributed by atoms with E-state index in [-0.39, 0.29) is 23.6 Å². The maximum Gasteiger partial charge on any atom is 0.442 e. The Hall–Kier alpha value is -2.06. The van der Waals surface area contributed by atoms with E-state index in [1.165, 1.54) is 16.7 Å². The average Bonchev–Trinajstić information content (AvgIpc) is 2.72. The lowest BCUT2D eigenvalue weighted by Crippen LogP contribution is -2.17. The zero-order valence-electron chi connectivity index (χ0n) is 10.1. The Kier molecular flexibility index (Phi) is 4.03. The molecule has 98 valence electrons. The molecule has 0 N–H and O–H groups in total. The summed E-state index contributed by atoms with van der Waals surface area (Å²) >= 11 is 5.93. The molecule has 0 radical (unpaired) electrons. The van der Waals surface area contributed by atoms with Gasteiger partial charge in [-0.25, -0.2) is 13.8 Å². The van der Waals surface area contributed by atoms with Gasteiger partial charge < -0.3 is 0 Å². The monoisotopic (exact) mass is 280 g/mol. The largest absolute Gasteiger partial charge is 0.442 e. The Bertz CT molecular complexity index is 689. The van der Waals surface area contributed by atoms with Crippen LogP contribution in [0.25, 0.3) is 0 Å². The van der Waals surface area contributed by atoms with E-state index in [1.54, 1.807) is 13.0 Å². The first-order chi connectivity index (χ1) is 9.13. The molecule has 2 aromatic rings. The SMILES string of the molecule is CC#CCn1c(Cc2c(F)cccc2Cl)noc1=O. The molecule has 6 heteroatoms. The lowest BCUT2D eigenvalue weighted by atomic mass is 10.1. The van der Waals surface area contributed by atoms with Crippen LogP contribution >= 0.6 is 11.6 Å². The molecular formula is C13H10ClFN2O2. The summed E-state index contributed by atoms with van der Waals surface area (Å²) in [6, 6.07) is 4.39. The molecule has 0 aliphatic rings. The van der Waals surface area contributed by atoms with E-state index >= 15 is 0 Å². The molecule has 4 nitrogen and oxygen atoms in total. The molecule has 1 aromatic heterocycles. The van der Waals surface area contributed by atoms with Gasteiger partial charge in [-0.1, -0.05) is 28.7 Å². The van der Waals surface area contributed by atoms with Gasteiger partial charge in [-0.3, -0.25) is 4.52 Å². The highest BCUT2D eigenvalue weighted by Gasteiger charge is 2.14. The van der Waals surface area contributed by atoms with E-state index in [0.29, 0.717) is 5.82 Å². The van der Waals surface area contributed by atoms with E-state index in [2.05, 4.69) is 21.5 Å². The highest BCUT2D eigenvalue weighted by molar-refractivity contribution is 6.31. The number of hydrogen-bond acceptors (Lipinski definition) is 3. The third-order valence-corrected chi connectivity index (χ3v) is 2.93. The van der Waals surface area contributed by atoms with E-state index in [1.807, 2.05) is 0 Å².